The number of unbranched alkanes of at least 4 members (excludes halogenated alkanes) is 1. The van der Waals surface area contributed by atoms with Crippen LogP contribution in [0, 0.1) is 0 Å². The molecule has 7 nitrogen and oxygen atoms in total. The second-order valence-electron chi connectivity index (χ2n) is 6.41. The van der Waals surface area contributed by atoms with Gasteiger partial charge in [-0.05, 0) is 31.7 Å². The summed E-state index contributed by atoms with van der Waals surface area (Å²) in [5, 5.41) is 3.13. The number of piperazine rings is 1. The third-order valence-electron chi connectivity index (χ3n) is 4.37. The number of ether oxygens (including phenoxy) is 1. The van der Waals surface area contributed by atoms with E-state index < -0.39 is 6.09 Å². The highest BCUT2D eigenvalue weighted by atomic mass is 32.1. The lowest BCUT2D eigenvalue weighted by Crippen LogP contribution is -2.47. The summed E-state index contributed by atoms with van der Waals surface area (Å²) in [5.41, 5.74) is 1.41. The minimum Gasteiger partial charge on any atom is -0.449 e. The van der Waals surface area contributed by atoms with Crippen molar-refractivity contribution in [2.75, 3.05) is 45.2 Å². The number of thiazole rings is 1. The summed E-state index contributed by atoms with van der Waals surface area (Å²) in [6, 6.07) is 5.47. The van der Waals surface area contributed by atoms with Gasteiger partial charge in [0.25, 0.3) is 5.91 Å². The Bertz CT molecular complexity index is 784. The van der Waals surface area contributed by atoms with Crippen molar-refractivity contribution in [1.29, 1.82) is 0 Å². The van der Waals surface area contributed by atoms with Crippen LogP contribution in [-0.2, 0) is 4.74 Å². The van der Waals surface area contributed by atoms with Crippen LogP contribution in [0.1, 0.15) is 30.1 Å². The first-order chi connectivity index (χ1) is 12.6. The Hall–Kier alpha value is -2.19. The molecular formula is C18H24N4O3S. The molecule has 0 spiro atoms. The van der Waals surface area contributed by atoms with Gasteiger partial charge in [-0.3, -0.25) is 10.1 Å². The Balaban J connectivity index is 1.67. The van der Waals surface area contributed by atoms with Crippen LogP contribution in [0.2, 0.25) is 0 Å². The van der Waals surface area contributed by atoms with E-state index in [-0.39, 0.29) is 5.91 Å². The van der Waals surface area contributed by atoms with Crippen molar-refractivity contribution in [3.05, 3.63) is 23.8 Å². The minimum atomic E-state index is -0.494. The lowest BCUT2D eigenvalue weighted by Gasteiger charge is -2.32. The predicted molar refractivity (Wildman–Crippen MR) is 103 cm³/mol. The van der Waals surface area contributed by atoms with Crippen molar-refractivity contribution in [2.45, 2.75) is 19.8 Å². The topological polar surface area (TPSA) is 74.8 Å². The normalized spacial score (nSPS) is 15.2. The number of nitrogens with zero attached hydrogens (tertiary/aromatic N) is 3. The number of carbonyl (C=O) groups excluding carboxylic acids is 2. The van der Waals surface area contributed by atoms with Crippen molar-refractivity contribution in [1.82, 2.24) is 14.8 Å². The molecule has 1 aromatic heterocycles. The van der Waals surface area contributed by atoms with Crippen molar-refractivity contribution >= 4 is 38.7 Å². The van der Waals surface area contributed by atoms with Gasteiger partial charge in [0, 0.05) is 31.7 Å². The van der Waals surface area contributed by atoms with E-state index in [4.69, 9.17) is 4.74 Å². The number of rotatable bonds is 5. The zero-order valence-electron chi connectivity index (χ0n) is 15.2. The average Bonchev–Trinajstić information content (AvgIpc) is 3.03. The molecule has 0 unspecified atom stereocenters. The molecular weight excluding hydrogens is 352 g/mol. The molecule has 0 aliphatic carbocycles. The Morgan fingerprint density at radius 2 is 2.04 bits per heavy atom. The summed E-state index contributed by atoms with van der Waals surface area (Å²) >= 11 is 1.34. The van der Waals surface area contributed by atoms with E-state index in [1.54, 1.807) is 6.07 Å². The largest absolute Gasteiger partial charge is 0.449 e. The first-order valence-corrected chi connectivity index (χ1v) is 9.70. The molecule has 2 aromatic rings. The number of fused-ring (bicyclic) bond motifs is 1. The van der Waals surface area contributed by atoms with Gasteiger partial charge in [0.05, 0.1) is 16.8 Å². The summed E-state index contributed by atoms with van der Waals surface area (Å²) in [4.78, 5) is 32.9. The fourth-order valence-electron chi connectivity index (χ4n) is 2.74. The maximum absolute atomic E-state index is 12.7. The number of benzene rings is 1. The Morgan fingerprint density at radius 1 is 1.27 bits per heavy atom. The highest BCUT2D eigenvalue weighted by Gasteiger charge is 2.21. The molecule has 1 aromatic carbocycles. The molecule has 2 amide bonds. The quantitative estimate of drug-likeness (QED) is 0.812. The second kappa shape index (κ2) is 8.46. The Kier molecular flexibility index (Phi) is 6.05. The van der Waals surface area contributed by atoms with Gasteiger partial charge in [0.1, 0.15) is 0 Å². The Morgan fingerprint density at radius 3 is 2.77 bits per heavy atom. The molecule has 1 aliphatic heterocycles. The monoisotopic (exact) mass is 376 g/mol. The van der Waals surface area contributed by atoms with Crippen molar-refractivity contribution < 1.29 is 14.3 Å². The molecule has 0 atom stereocenters. The first-order valence-electron chi connectivity index (χ1n) is 8.89. The van der Waals surface area contributed by atoms with Crippen LogP contribution < -0.4 is 5.32 Å². The second-order valence-corrected chi connectivity index (χ2v) is 7.44. The zero-order valence-corrected chi connectivity index (χ0v) is 16.0. The van der Waals surface area contributed by atoms with Crippen molar-refractivity contribution in [3.8, 4) is 0 Å². The number of hydrogen-bond donors (Lipinski definition) is 1. The average molecular weight is 376 g/mol. The lowest BCUT2D eigenvalue weighted by atomic mass is 10.1. The number of aromatic nitrogens is 1. The number of anilines is 1. The minimum absolute atomic E-state index is 0.0434. The summed E-state index contributed by atoms with van der Waals surface area (Å²) in [6.07, 6.45) is 1.31. The summed E-state index contributed by atoms with van der Waals surface area (Å²) in [7, 11) is 2.06. The highest BCUT2D eigenvalue weighted by Crippen LogP contribution is 2.27. The van der Waals surface area contributed by atoms with E-state index >= 15 is 0 Å². The van der Waals surface area contributed by atoms with Gasteiger partial charge < -0.3 is 14.5 Å². The Labute approximate surface area is 156 Å². The van der Waals surface area contributed by atoms with Crippen molar-refractivity contribution in [2.24, 2.45) is 0 Å². The van der Waals surface area contributed by atoms with Gasteiger partial charge in [0.15, 0.2) is 5.13 Å². The molecule has 0 saturated carbocycles. The molecule has 1 N–H and O–H groups in total. The molecule has 140 valence electrons. The SMILES string of the molecule is CCCCOC(=O)Nc1nc2ccc(C(=O)N3CCN(C)CC3)cc2s1. The number of likely N-dealkylation sites (N-methyl/N-ethyl adjacent to an activating group) is 1. The summed E-state index contributed by atoms with van der Waals surface area (Å²) in [5.74, 6) is 0.0434. The maximum Gasteiger partial charge on any atom is 0.413 e. The summed E-state index contributed by atoms with van der Waals surface area (Å²) in [6.45, 7) is 5.71. The van der Waals surface area contributed by atoms with Crippen LogP contribution in [0.15, 0.2) is 18.2 Å². The van der Waals surface area contributed by atoms with Crippen LogP contribution in [0.25, 0.3) is 10.2 Å². The van der Waals surface area contributed by atoms with Crippen LogP contribution in [0.5, 0.6) is 0 Å². The van der Waals surface area contributed by atoms with Crippen LogP contribution in [-0.4, -0.2) is 66.6 Å². The zero-order chi connectivity index (χ0) is 18.5. The molecule has 0 bridgehead atoms. The number of carbonyl (C=O) groups is 2. The van der Waals surface area contributed by atoms with E-state index in [1.807, 2.05) is 24.0 Å². The van der Waals surface area contributed by atoms with E-state index in [9.17, 15) is 9.59 Å². The van der Waals surface area contributed by atoms with Gasteiger partial charge >= 0.3 is 6.09 Å². The van der Waals surface area contributed by atoms with Gasteiger partial charge in [-0.25, -0.2) is 9.78 Å². The molecule has 3 rings (SSSR count). The summed E-state index contributed by atoms with van der Waals surface area (Å²) < 4.78 is 5.95. The number of hydrogen-bond acceptors (Lipinski definition) is 6. The molecule has 1 aliphatic rings. The third kappa shape index (κ3) is 4.50. The van der Waals surface area contributed by atoms with Gasteiger partial charge in [-0.1, -0.05) is 24.7 Å². The predicted octanol–water partition coefficient (Wildman–Crippen LogP) is 3.03. The lowest BCUT2D eigenvalue weighted by molar-refractivity contribution is 0.0664. The van der Waals surface area contributed by atoms with Crippen LogP contribution >= 0.6 is 11.3 Å². The first kappa shape index (κ1) is 18.6. The third-order valence-corrected chi connectivity index (χ3v) is 5.30. The molecule has 26 heavy (non-hydrogen) atoms. The molecule has 1 fully saturated rings. The van der Waals surface area contributed by atoms with E-state index in [1.165, 1.54) is 11.3 Å². The molecule has 2 heterocycles. The molecule has 1 saturated heterocycles. The van der Waals surface area contributed by atoms with Crippen LogP contribution in [0.3, 0.4) is 0 Å². The maximum atomic E-state index is 12.7. The van der Waals surface area contributed by atoms with E-state index in [0.717, 1.165) is 49.2 Å². The fourth-order valence-corrected chi connectivity index (χ4v) is 3.63. The highest BCUT2D eigenvalue weighted by molar-refractivity contribution is 7.22. The standard InChI is InChI=1S/C18H24N4O3S/c1-3-4-11-25-18(24)20-17-19-14-6-5-13(12-15(14)26-17)16(23)22-9-7-21(2)8-10-22/h5-6,12H,3-4,7-11H2,1-2H3,(H,19,20,24). The number of nitrogens with one attached hydrogen (secondary N) is 1. The van der Waals surface area contributed by atoms with Crippen molar-refractivity contribution in [3.63, 3.8) is 0 Å². The van der Waals surface area contributed by atoms with Gasteiger partial charge in [-0.15, -0.1) is 0 Å². The number of amides is 2. The van der Waals surface area contributed by atoms with Gasteiger partial charge in [-0.2, -0.15) is 0 Å². The van der Waals surface area contributed by atoms with E-state index in [2.05, 4.69) is 22.2 Å². The smallest absolute Gasteiger partial charge is 0.413 e. The van der Waals surface area contributed by atoms with E-state index in [0.29, 0.717) is 17.3 Å². The van der Waals surface area contributed by atoms with Gasteiger partial charge in [0.2, 0.25) is 0 Å². The fraction of sp³-hybridized carbons (Fsp3) is 0.500. The van der Waals surface area contributed by atoms with Crippen LogP contribution in [0.4, 0.5) is 9.93 Å². The molecule has 8 heteroatoms. The molecule has 0 radical (unpaired) electrons.